The Kier molecular flexibility index (Phi) is 3.69. The molecule has 1 nitrogen and oxygen atoms in total. The first kappa shape index (κ1) is 13.3. The van der Waals surface area contributed by atoms with Crippen molar-refractivity contribution in [1.29, 1.82) is 0 Å². The number of rotatable bonds is 3. The average molecular weight is 264 g/mol. The highest BCUT2D eigenvalue weighted by Crippen LogP contribution is 2.19. The van der Waals surface area contributed by atoms with E-state index in [2.05, 4.69) is 0 Å². The molecule has 2 rings (SSSR count). The Bertz CT molecular complexity index is 595. The van der Waals surface area contributed by atoms with Gasteiger partial charge in [0.25, 0.3) is 0 Å². The predicted octanol–water partition coefficient (Wildman–Crippen LogP) is 3.90. The van der Waals surface area contributed by atoms with Crippen molar-refractivity contribution in [3.05, 3.63) is 70.5 Å². The molecule has 0 bridgehead atoms. The second-order valence-electron chi connectivity index (χ2n) is 4.12. The van der Waals surface area contributed by atoms with Crippen LogP contribution in [-0.2, 0) is 6.42 Å². The maximum absolute atomic E-state index is 13.5. The van der Waals surface area contributed by atoms with Gasteiger partial charge in [0.1, 0.15) is 17.5 Å². The van der Waals surface area contributed by atoms with Crippen LogP contribution in [-0.4, -0.2) is 5.78 Å². The minimum absolute atomic E-state index is 0.168. The van der Waals surface area contributed by atoms with Crippen LogP contribution in [0, 0.1) is 17.5 Å². The number of ketones is 1. The van der Waals surface area contributed by atoms with Gasteiger partial charge in [0.05, 0.1) is 5.56 Å². The number of hydrogen-bond donors (Lipinski definition) is 0. The number of hydrogen-bond acceptors (Lipinski definition) is 1. The number of aryl methyl sites for hydroxylation is 1. The van der Waals surface area contributed by atoms with Crippen molar-refractivity contribution < 1.29 is 18.0 Å². The summed E-state index contributed by atoms with van der Waals surface area (Å²) in [5, 5.41) is 0. The van der Waals surface area contributed by atoms with Crippen LogP contribution in [0.2, 0.25) is 0 Å². The van der Waals surface area contributed by atoms with Crippen molar-refractivity contribution >= 4 is 5.78 Å². The molecule has 4 heteroatoms. The van der Waals surface area contributed by atoms with Gasteiger partial charge >= 0.3 is 0 Å². The van der Waals surface area contributed by atoms with Crippen molar-refractivity contribution in [3.63, 3.8) is 0 Å². The maximum Gasteiger partial charge on any atom is 0.198 e. The summed E-state index contributed by atoms with van der Waals surface area (Å²) in [6, 6.07) is 7.43. The molecule has 0 N–H and O–H groups in total. The van der Waals surface area contributed by atoms with E-state index in [0.717, 1.165) is 12.0 Å². The van der Waals surface area contributed by atoms with Gasteiger partial charge in [-0.3, -0.25) is 4.79 Å². The summed E-state index contributed by atoms with van der Waals surface area (Å²) in [7, 11) is 0. The number of benzene rings is 2. The van der Waals surface area contributed by atoms with Gasteiger partial charge < -0.3 is 0 Å². The second kappa shape index (κ2) is 5.26. The molecule has 0 aliphatic heterocycles. The smallest absolute Gasteiger partial charge is 0.198 e. The van der Waals surface area contributed by atoms with E-state index in [4.69, 9.17) is 0 Å². The van der Waals surface area contributed by atoms with Crippen LogP contribution >= 0.6 is 0 Å². The van der Waals surface area contributed by atoms with Crippen molar-refractivity contribution in [1.82, 2.24) is 0 Å². The van der Waals surface area contributed by atoms with E-state index in [1.54, 1.807) is 12.1 Å². The van der Waals surface area contributed by atoms with E-state index in [1.807, 2.05) is 6.92 Å². The third-order valence-electron chi connectivity index (χ3n) is 2.86. The molecule has 0 unspecified atom stereocenters. The number of carbonyl (C=O) groups excluding carboxylic acids is 1. The van der Waals surface area contributed by atoms with Crippen LogP contribution in [0.25, 0.3) is 0 Å². The molecular weight excluding hydrogens is 253 g/mol. The van der Waals surface area contributed by atoms with Gasteiger partial charge in [-0.1, -0.05) is 31.2 Å². The lowest BCUT2D eigenvalue weighted by molar-refractivity contribution is 0.103. The summed E-state index contributed by atoms with van der Waals surface area (Å²) in [4.78, 5) is 12.0. The second-order valence-corrected chi connectivity index (χ2v) is 4.12. The van der Waals surface area contributed by atoms with Crippen molar-refractivity contribution in [2.75, 3.05) is 0 Å². The minimum Gasteiger partial charge on any atom is -0.288 e. The average Bonchev–Trinajstić information content (AvgIpc) is 2.37. The summed E-state index contributed by atoms with van der Waals surface area (Å²) < 4.78 is 39.8. The highest BCUT2D eigenvalue weighted by Gasteiger charge is 2.20. The molecule has 0 heterocycles. The Morgan fingerprint density at radius 3 is 2.00 bits per heavy atom. The van der Waals surface area contributed by atoms with Gasteiger partial charge in [0.2, 0.25) is 0 Å². The Balaban J connectivity index is 2.44. The topological polar surface area (TPSA) is 17.1 Å². The highest BCUT2D eigenvalue weighted by molar-refractivity contribution is 6.09. The third-order valence-corrected chi connectivity index (χ3v) is 2.86. The molecule has 0 radical (unpaired) electrons. The molecule has 2 aromatic carbocycles. The predicted molar refractivity (Wildman–Crippen MR) is 65.6 cm³/mol. The first-order chi connectivity index (χ1) is 9.02. The maximum atomic E-state index is 13.5. The Morgan fingerprint density at radius 1 is 1.00 bits per heavy atom. The zero-order chi connectivity index (χ0) is 14.0. The van der Waals surface area contributed by atoms with Gasteiger partial charge in [0, 0.05) is 17.7 Å². The SMILES string of the molecule is CCc1ccc(C(=O)c2c(F)cc(F)cc2F)cc1. The lowest BCUT2D eigenvalue weighted by Crippen LogP contribution is -2.08. The van der Waals surface area contributed by atoms with Gasteiger partial charge in [-0.15, -0.1) is 0 Å². The summed E-state index contributed by atoms with van der Waals surface area (Å²) >= 11 is 0. The Labute approximate surface area is 108 Å². The molecule has 98 valence electrons. The molecule has 0 spiro atoms. The van der Waals surface area contributed by atoms with Gasteiger partial charge in [-0.2, -0.15) is 0 Å². The Morgan fingerprint density at radius 2 is 1.53 bits per heavy atom. The van der Waals surface area contributed by atoms with E-state index in [9.17, 15) is 18.0 Å². The van der Waals surface area contributed by atoms with Gasteiger partial charge in [-0.25, -0.2) is 13.2 Å². The molecule has 19 heavy (non-hydrogen) atoms. The van der Waals surface area contributed by atoms with Gasteiger partial charge in [0.15, 0.2) is 5.78 Å². The summed E-state index contributed by atoms with van der Waals surface area (Å²) in [5.41, 5.74) is 0.448. The molecular formula is C15H11F3O. The fourth-order valence-electron chi connectivity index (χ4n) is 1.80. The van der Waals surface area contributed by atoms with Crippen molar-refractivity contribution in [2.45, 2.75) is 13.3 Å². The zero-order valence-electron chi connectivity index (χ0n) is 10.2. The lowest BCUT2D eigenvalue weighted by Gasteiger charge is -2.05. The minimum atomic E-state index is -1.19. The van der Waals surface area contributed by atoms with Crippen LogP contribution in [0.5, 0.6) is 0 Å². The van der Waals surface area contributed by atoms with Crippen LogP contribution in [0.1, 0.15) is 28.4 Å². The van der Waals surface area contributed by atoms with E-state index in [-0.39, 0.29) is 5.56 Å². The monoisotopic (exact) mass is 264 g/mol. The van der Waals surface area contributed by atoms with Crippen molar-refractivity contribution in [2.24, 2.45) is 0 Å². The van der Waals surface area contributed by atoms with Crippen LogP contribution in [0.15, 0.2) is 36.4 Å². The van der Waals surface area contributed by atoms with E-state index >= 15 is 0 Å². The zero-order valence-corrected chi connectivity index (χ0v) is 10.2. The summed E-state index contributed by atoms with van der Waals surface area (Å²) in [6.07, 6.45) is 0.799. The van der Waals surface area contributed by atoms with Crippen LogP contribution in [0.4, 0.5) is 13.2 Å². The third kappa shape index (κ3) is 2.67. The highest BCUT2D eigenvalue weighted by atomic mass is 19.1. The summed E-state index contributed by atoms with van der Waals surface area (Å²) in [5.74, 6) is -4.23. The fraction of sp³-hybridized carbons (Fsp3) is 0.133. The van der Waals surface area contributed by atoms with E-state index in [0.29, 0.717) is 12.1 Å². The van der Waals surface area contributed by atoms with Crippen molar-refractivity contribution in [3.8, 4) is 0 Å². The first-order valence-corrected chi connectivity index (χ1v) is 5.81. The van der Waals surface area contributed by atoms with Crippen LogP contribution < -0.4 is 0 Å². The largest absolute Gasteiger partial charge is 0.288 e. The quantitative estimate of drug-likeness (QED) is 0.768. The molecule has 0 atom stereocenters. The van der Waals surface area contributed by atoms with Gasteiger partial charge in [-0.05, 0) is 12.0 Å². The molecule has 0 saturated carbocycles. The first-order valence-electron chi connectivity index (χ1n) is 5.81. The Hall–Kier alpha value is -2.10. The lowest BCUT2D eigenvalue weighted by atomic mass is 10.0. The molecule has 0 amide bonds. The fourth-order valence-corrected chi connectivity index (χ4v) is 1.80. The molecule has 2 aromatic rings. The van der Waals surface area contributed by atoms with E-state index in [1.165, 1.54) is 12.1 Å². The molecule has 0 fully saturated rings. The molecule has 0 aliphatic carbocycles. The molecule has 0 aliphatic rings. The summed E-state index contributed by atoms with van der Waals surface area (Å²) in [6.45, 7) is 1.95. The number of carbonyl (C=O) groups is 1. The standard InChI is InChI=1S/C15H11F3O/c1-2-9-3-5-10(6-4-9)15(19)14-12(17)7-11(16)8-13(14)18/h3-8H,2H2,1H3. The molecule has 0 aromatic heterocycles. The normalized spacial score (nSPS) is 10.5. The van der Waals surface area contributed by atoms with Crippen LogP contribution in [0.3, 0.4) is 0 Å². The van der Waals surface area contributed by atoms with E-state index < -0.39 is 28.8 Å². The number of halogens is 3. The molecule has 0 saturated heterocycles.